The van der Waals surface area contributed by atoms with Crippen LogP contribution in [-0.4, -0.2) is 51.3 Å². The van der Waals surface area contributed by atoms with Gasteiger partial charge in [0.2, 0.25) is 0 Å². The summed E-state index contributed by atoms with van der Waals surface area (Å²) in [7, 11) is 3.43. The Bertz CT molecular complexity index is 930. The first-order valence-corrected chi connectivity index (χ1v) is 9.81. The van der Waals surface area contributed by atoms with Crippen molar-refractivity contribution < 1.29 is 19.0 Å². The average molecular weight is 394 g/mol. The summed E-state index contributed by atoms with van der Waals surface area (Å²) in [5, 5.41) is 2.92. The molecule has 2 aliphatic rings. The highest BCUT2D eigenvalue weighted by molar-refractivity contribution is 6.36. The molecule has 1 amide bonds. The number of nitrogens with zero attached hydrogens (tertiary/aromatic N) is 1. The van der Waals surface area contributed by atoms with Crippen molar-refractivity contribution in [3.05, 3.63) is 64.7 Å². The molecule has 2 heterocycles. The second-order valence-corrected chi connectivity index (χ2v) is 7.25. The van der Waals surface area contributed by atoms with Crippen molar-refractivity contribution in [1.82, 2.24) is 4.90 Å². The summed E-state index contributed by atoms with van der Waals surface area (Å²) >= 11 is 0. The minimum atomic E-state index is -0.108. The van der Waals surface area contributed by atoms with Crippen molar-refractivity contribution in [2.24, 2.45) is 0 Å². The van der Waals surface area contributed by atoms with E-state index in [1.165, 1.54) is 5.56 Å². The van der Waals surface area contributed by atoms with Crippen molar-refractivity contribution in [2.45, 2.75) is 13.2 Å². The van der Waals surface area contributed by atoms with Gasteiger partial charge in [0.1, 0.15) is 12.4 Å². The van der Waals surface area contributed by atoms with Gasteiger partial charge in [0, 0.05) is 56.2 Å². The van der Waals surface area contributed by atoms with Gasteiger partial charge in [0.25, 0.3) is 5.91 Å². The number of anilines is 1. The van der Waals surface area contributed by atoms with Crippen molar-refractivity contribution >= 4 is 22.9 Å². The van der Waals surface area contributed by atoms with Crippen LogP contribution in [0.25, 0.3) is 11.3 Å². The molecule has 0 aliphatic carbocycles. The Kier molecular flexibility index (Phi) is 5.94. The van der Waals surface area contributed by atoms with Crippen LogP contribution in [0.3, 0.4) is 0 Å². The molecule has 0 aromatic heterocycles. The van der Waals surface area contributed by atoms with Crippen LogP contribution in [0.5, 0.6) is 0 Å². The number of rotatable bonds is 8. The van der Waals surface area contributed by atoms with E-state index < -0.39 is 0 Å². The third-order valence-corrected chi connectivity index (χ3v) is 5.31. The first-order chi connectivity index (χ1) is 14.2. The number of hydrogen-bond acceptors (Lipinski definition) is 5. The van der Waals surface area contributed by atoms with E-state index in [4.69, 9.17) is 14.2 Å². The predicted molar refractivity (Wildman–Crippen MR) is 112 cm³/mol. The monoisotopic (exact) mass is 394 g/mol. The van der Waals surface area contributed by atoms with E-state index in [1.807, 2.05) is 24.3 Å². The Hall–Kier alpha value is -2.67. The molecular weight excluding hydrogens is 368 g/mol. The molecule has 0 atom stereocenters. The maximum absolute atomic E-state index is 12.6. The molecule has 6 heteroatoms. The summed E-state index contributed by atoms with van der Waals surface area (Å²) < 4.78 is 16.4. The normalized spacial score (nSPS) is 17.3. The largest absolute Gasteiger partial charge is 0.487 e. The van der Waals surface area contributed by atoms with Crippen molar-refractivity contribution in [2.75, 3.05) is 45.8 Å². The molecule has 2 aliphatic heterocycles. The van der Waals surface area contributed by atoms with Crippen LogP contribution in [0.4, 0.5) is 5.69 Å². The lowest BCUT2D eigenvalue weighted by Gasteiger charge is -2.21. The first-order valence-electron chi connectivity index (χ1n) is 9.81. The lowest BCUT2D eigenvalue weighted by molar-refractivity contribution is -0.110. The molecule has 29 heavy (non-hydrogen) atoms. The number of hydrogen-bond donors (Lipinski definition) is 1. The Balaban J connectivity index is 1.59. The van der Waals surface area contributed by atoms with E-state index in [0.717, 1.165) is 42.0 Å². The molecule has 0 unspecified atom stereocenters. The summed E-state index contributed by atoms with van der Waals surface area (Å²) in [5.41, 5.74) is 5.67. The van der Waals surface area contributed by atoms with Gasteiger partial charge in [0.15, 0.2) is 0 Å². The fourth-order valence-corrected chi connectivity index (χ4v) is 3.83. The van der Waals surface area contributed by atoms with Crippen molar-refractivity contribution in [1.29, 1.82) is 0 Å². The number of benzene rings is 2. The van der Waals surface area contributed by atoms with Crippen molar-refractivity contribution in [3.63, 3.8) is 0 Å². The number of methoxy groups -OCH3 is 2. The molecule has 0 fully saturated rings. The van der Waals surface area contributed by atoms with Crippen LogP contribution in [0, 0.1) is 0 Å². The van der Waals surface area contributed by atoms with Gasteiger partial charge in [-0.1, -0.05) is 36.4 Å². The summed E-state index contributed by atoms with van der Waals surface area (Å²) in [6, 6.07) is 14.1. The third-order valence-electron chi connectivity index (χ3n) is 5.31. The number of ether oxygens (including phenoxy) is 3. The highest BCUT2D eigenvalue weighted by atomic mass is 16.5. The summed E-state index contributed by atoms with van der Waals surface area (Å²) in [6.45, 7) is 4.35. The molecule has 1 N–H and O–H groups in total. The topological polar surface area (TPSA) is 60.0 Å². The maximum Gasteiger partial charge on any atom is 0.260 e. The minimum absolute atomic E-state index is 0.108. The van der Waals surface area contributed by atoms with Crippen LogP contribution in [0.15, 0.2) is 42.5 Å². The number of carbonyl (C=O) groups is 1. The average Bonchev–Trinajstić information content (AvgIpc) is 3.29. The van der Waals surface area contributed by atoms with Gasteiger partial charge in [-0.15, -0.1) is 0 Å². The highest BCUT2D eigenvalue weighted by Gasteiger charge is 2.32. The second kappa shape index (κ2) is 8.78. The summed E-state index contributed by atoms with van der Waals surface area (Å²) in [5.74, 6) is 0.563. The molecule has 0 bridgehead atoms. The fraction of sp³-hybridized carbons (Fsp3) is 0.348. The van der Waals surface area contributed by atoms with E-state index >= 15 is 0 Å². The minimum Gasteiger partial charge on any atom is -0.487 e. The molecule has 2 aromatic carbocycles. The lowest BCUT2D eigenvalue weighted by atomic mass is 9.99. The molecule has 0 saturated heterocycles. The molecule has 6 nitrogen and oxygen atoms in total. The molecule has 2 aromatic rings. The number of carbonyl (C=O) groups excluding carboxylic acids is 1. The summed E-state index contributed by atoms with van der Waals surface area (Å²) in [4.78, 5) is 14.9. The SMILES string of the molecule is COCCN(CCOC)Cc1ccc2c(c1)CO/C2=C1/C(=O)Nc2ccccc21. The van der Waals surface area contributed by atoms with Gasteiger partial charge in [-0.05, 0) is 11.6 Å². The molecule has 0 saturated carbocycles. The molecule has 4 rings (SSSR count). The summed E-state index contributed by atoms with van der Waals surface area (Å²) in [6.07, 6.45) is 0. The van der Waals surface area contributed by atoms with Gasteiger partial charge < -0.3 is 19.5 Å². The predicted octanol–water partition coefficient (Wildman–Crippen LogP) is 3.13. The van der Waals surface area contributed by atoms with Gasteiger partial charge >= 0.3 is 0 Å². The van der Waals surface area contributed by atoms with Gasteiger partial charge in [-0.2, -0.15) is 0 Å². The van der Waals surface area contributed by atoms with E-state index in [1.54, 1.807) is 14.2 Å². The molecular formula is C23H26N2O4. The maximum atomic E-state index is 12.6. The zero-order chi connectivity index (χ0) is 20.2. The zero-order valence-corrected chi connectivity index (χ0v) is 16.9. The van der Waals surface area contributed by atoms with Gasteiger partial charge in [-0.25, -0.2) is 0 Å². The Morgan fingerprint density at radius 2 is 1.79 bits per heavy atom. The standard InChI is InChI=1S/C23H26N2O4/c1-27-11-9-25(10-12-28-2)14-16-7-8-18-17(13-16)15-29-22(18)21-19-5-3-4-6-20(19)24-23(21)26/h3-8,13H,9-12,14-15H2,1-2H3,(H,24,26)/b22-21+. The van der Waals surface area contributed by atoms with E-state index in [-0.39, 0.29) is 5.91 Å². The highest BCUT2D eigenvalue weighted by Crippen LogP contribution is 2.41. The van der Waals surface area contributed by atoms with E-state index in [9.17, 15) is 4.79 Å². The zero-order valence-electron chi connectivity index (χ0n) is 16.9. The molecule has 0 radical (unpaired) electrons. The van der Waals surface area contributed by atoms with Gasteiger partial charge in [0.05, 0.1) is 18.8 Å². The van der Waals surface area contributed by atoms with Crippen molar-refractivity contribution in [3.8, 4) is 0 Å². The van der Waals surface area contributed by atoms with Crippen LogP contribution < -0.4 is 5.32 Å². The number of nitrogens with one attached hydrogen (secondary N) is 1. The molecule has 0 spiro atoms. The number of fused-ring (bicyclic) bond motifs is 2. The van der Waals surface area contributed by atoms with Crippen LogP contribution >= 0.6 is 0 Å². The van der Waals surface area contributed by atoms with E-state index in [2.05, 4.69) is 28.4 Å². The Morgan fingerprint density at radius 3 is 2.55 bits per heavy atom. The lowest BCUT2D eigenvalue weighted by Crippen LogP contribution is -2.30. The van der Waals surface area contributed by atoms with Crippen LogP contribution in [0.2, 0.25) is 0 Å². The third kappa shape index (κ3) is 4.05. The Labute approximate surface area is 171 Å². The fourth-order valence-electron chi connectivity index (χ4n) is 3.83. The molecule has 152 valence electrons. The van der Waals surface area contributed by atoms with E-state index in [0.29, 0.717) is 31.2 Å². The first kappa shape index (κ1) is 19.6. The number of amides is 1. The van der Waals surface area contributed by atoms with Crippen LogP contribution in [0.1, 0.15) is 22.3 Å². The Morgan fingerprint density at radius 1 is 1.03 bits per heavy atom. The quantitative estimate of drug-likeness (QED) is 0.697. The number of para-hydroxylation sites is 1. The smallest absolute Gasteiger partial charge is 0.260 e. The van der Waals surface area contributed by atoms with Gasteiger partial charge in [-0.3, -0.25) is 9.69 Å². The second-order valence-electron chi connectivity index (χ2n) is 7.25. The van der Waals surface area contributed by atoms with Crippen LogP contribution in [-0.2, 0) is 32.2 Å².